The summed E-state index contributed by atoms with van der Waals surface area (Å²) >= 11 is 8.62. The number of hydrogen-bond donors (Lipinski definition) is 1. The van der Waals surface area contributed by atoms with Crippen molar-refractivity contribution in [2.45, 2.75) is 22.4 Å². The van der Waals surface area contributed by atoms with Gasteiger partial charge in [0.25, 0.3) is 10.0 Å². The van der Waals surface area contributed by atoms with E-state index in [0.29, 0.717) is 44.1 Å². The van der Waals surface area contributed by atoms with Crippen LogP contribution in [0, 0.1) is 6.92 Å². The highest BCUT2D eigenvalue weighted by molar-refractivity contribution is 8.00. The van der Waals surface area contributed by atoms with Gasteiger partial charge in [-0.1, -0.05) is 11.6 Å². The molecule has 0 aliphatic carbocycles. The largest absolute Gasteiger partial charge is 0.456 e. The highest BCUT2D eigenvalue weighted by atomic mass is 35.5. The van der Waals surface area contributed by atoms with Crippen LogP contribution < -0.4 is 10.0 Å². The molecule has 0 spiro atoms. The van der Waals surface area contributed by atoms with Crippen LogP contribution in [-0.4, -0.2) is 36.6 Å². The summed E-state index contributed by atoms with van der Waals surface area (Å²) in [6, 6.07) is 7.23. The van der Waals surface area contributed by atoms with Crippen molar-refractivity contribution in [2.75, 3.05) is 16.6 Å². The first kappa shape index (κ1) is 22.2. The predicted molar refractivity (Wildman–Crippen MR) is 129 cm³/mol. The quantitative estimate of drug-likeness (QED) is 0.418. The van der Waals surface area contributed by atoms with E-state index in [2.05, 4.69) is 9.97 Å². The molecule has 0 saturated heterocycles. The Morgan fingerprint density at radius 3 is 2.91 bits per heavy atom. The summed E-state index contributed by atoms with van der Waals surface area (Å²) in [6.07, 6.45) is 3.11. The number of sulfonamides is 1. The van der Waals surface area contributed by atoms with E-state index in [4.69, 9.17) is 21.8 Å². The van der Waals surface area contributed by atoms with Crippen molar-refractivity contribution < 1.29 is 17.6 Å². The standard InChI is InChI=1S/C21H17ClN4O4S3/c1-11-21(32-19(25-11)8-18(23)27)33(28,29)26-4-5-31-20-14(9-24-10-15(20)26)17-7-12-6-13(22)2-3-16(12)30-17/h2-3,6-7,9-10H,4-5,8H2,1H3,(H2,23,27). The highest BCUT2D eigenvalue weighted by Gasteiger charge is 2.34. The van der Waals surface area contributed by atoms with E-state index in [1.54, 1.807) is 43.2 Å². The number of thiazole rings is 1. The number of carbonyl (C=O) groups is 1. The van der Waals surface area contributed by atoms with Crippen molar-refractivity contribution in [3.05, 3.63) is 52.4 Å². The Morgan fingerprint density at radius 2 is 2.12 bits per heavy atom. The van der Waals surface area contributed by atoms with E-state index < -0.39 is 15.9 Å². The van der Waals surface area contributed by atoms with Crippen LogP contribution >= 0.6 is 34.7 Å². The Balaban J connectivity index is 1.59. The van der Waals surface area contributed by atoms with Crippen molar-refractivity contribution in [1.29, 1.82) is 0 Å². The van der Waals surface area contributed by atoms with E-state index in [1.807, 2.05) is 12.1 Å². The number of primary amides is 1. The number of anilines is 1. The van der Waals surface area contributed by atoms with Gasteiger partial charge in [-0.2, -0.15) is 0 Å². The third kappa shape index (κ3) is 3.99. The van der Waals surface area contributed by atoms with Crippen LogP contribution in [0.2, 0.25) is 5.02 Å². The SMILES string of the molecule is Cc1nc(CC(N)=O)sc1S(=O)(=O)N1CCSc2c(-c3cc4cc(Cl)ccc4o3)cncc21. The molecular formula is C21H17ClN4O4S3. The number of rotatable bonds is 5. The first-order valence-corrected chi connectivity index (χ1v) is 13.4. The summed E-state index contributed by atoms with van der Waals surface area (Å²) in [6.45, 7) is 1.89. The number of furan rings is 1. The first-order chi connectivity index (χ1) is 15.7. The molecule has 8 nitrogen and oxygen atoms in total. The van der Waals surface area contributed by atoms with Gasteiger partial charge >= 0.3 is 0 Å². The molecule has 5 rings (SSSR count). The van der Waals surface area contributed by atoms with Crippen molar-refractivity contribution in [3.63, 3.8) is 0 Å². The van der Waals surface area contributed by atoms with Gasteiger partial charge in [-0.25, -0.2) is 13.4 Å². The number of benzene rings is 1. The fourth-order valence-corrected chi connectivity index (χ4v) is 8.27. The van der Waals surface area contributed by atoms with Crippen molar-refractivity contribution >= 4 is 67.3 Å². The number of halogens is 1. The van der Waals surface area contributed by atoms with E-state index in [-0.39, 0.29) is 17.2 Å². The van der Waals surface area contributed by atoms with Crippen LogP contribution in [0.4, 0.5) is 5.69 Å². The van der Waals surface area contributed by atoms with E-state index in [9.17, 15) is 13.2 Å². The van der Waals surface area contributed by atoms with Crippen molar-refractivity contribution in [3.8, 4) is 11.3 Å². The minimum atomic E-state index is -3.91. The number of fused-ring (bicyclic) bond motifs is 2. The molecule has 170 valence electrons. The maximum absolute atomic E-state index is 13.6. The fraction of sp³-hybridized carbons (Fsp3) is 0.190. The third-order valence-electron chi connectivity index (χ3n) is 5.08. The Morgan fingerprint density at radius 1 is 1.30 bits per heavy atom. The van der Waals surface area contributed by atoms with Crippen LogP contribution in [0.15, 0.2) is 50.2 Å². The molecule has 33 heavy (non-hydrogen) atoms. The minimum absolute atomic E-state index is 0.0976. The third-order valence-corrected chi connectivity index (χ3v) is 9.98. The Kier molecular flexibility index (Phi) is 5.60. The van der Waals surface area contributed by atoms with E-state index in [1.165, 1.54) is 4.31 Å². The molecule has 0 unspecified atom stereocenters. The van der Waals surface area contributed by atoms with Gasteiger partial charge in [-0.05, 0) is 31.2 Å². The molecule has 4 aromatic rings. The van der Waals surface area contributed by atoms with Gasteiger partial charge in [0.1, 0.15) is 16.4 Å². The summed E-state index contributed by atoms with van der Waals surface area (Å²) < 4.78 is 34.7. The second-order valence-electron chi connectivity index (χ2n) is 7.38. The predicted octanol–water partition coefficient (Wildman–Crippen LogP) is 4.24. The molecule has 12 heteroatoms. The summed E-state index contributed by atoms with van der Waals surface area (Å²) in [7, 11) is -3.91. The van der Waals surface area contributed by atoms with Gasteiger partial charge in [0.05, 0.1) is 29.6 Å². The molecule has 0 bridgehead atoms. The van der Waals surface area contributed by atoms with Crippen LogP contribution in [0.3, 0.4) is 0 Å². The summed E-state index contributed by atoms with van der Waals surface area (Å²) in [5.74, 6) is 0.579. The van der Waals surface area contributed by atoms with Crippen molar-refractivity contribution in [1.82, 2.24) is 9.97 Å². The smallest absolute Gasteiger partial charge is 0.275 e. The Bertz CT molecular complexity index is 1510. The molecule has 3 aromatic heterocycles. The number of nitrogens with zero attached hydrogens (tertiary/aromatic N) is 3. The van der Waals surface area contributed by atoms with Gasteiger partial charge < -0.3 is 10.2 Å². The monoisotopic (exact) mass is 520 g/mol. The average molecular weight is 521 g/mol. The number of aromatic nitrogens is 2. The Labute approximate surface area is 202 Å². The van der Waals surface area contributed by atoms with Gasteiger partial charge in [-0.15, -0.1) is 23.1 Å². The summed E-state index contributed by atoms with van der Waals surface area (Å²) in [4.78, 5) is 20.6. The minimum Gasteiger partial charge on any atom is -0.456 e. The molecule has 0 radical (unpaired) electrons. The van der Waals surface area contributed by atoms with Crippen LogP contribution in [0.25, 0.3) is 22.3 Å². The van der Waals surface area contributed by atoms with E-state index >= 15 is 0 Å². The van der Waals surface area contributed by atoms with Gasteiger partial charge in [0, 0.05) is 33.8 Å². The van der Waals surface area contributed by atoms with Crippen LogP contribution in [-0.2, 0) is 21.2 Å². The number of hydrogen-bond acceptors (Lipinski definition) is 8. The summed E-state index contributed by atoms with van der Waals surface area (Å²) in [5, 5.41) is 1.82. The lowest BCUT2D eigenvalue weighted by molar-refractivity contribution is -0.117. The lowest BCUT2D eigenvalue weighted by atomic mass is 10.2. The molecule has 0 fully saturated rings. The zero-order chi connectivity index (χ0) is 23.3. The van der Waals surface area contributed by atoms with E-state index in [0.717, 1.165) is 21.6 Å². The topological polar surface area (TPSA) is 119 Å². The zero-order valence-electron chi connectivity index (χ0n) is 17.2. The number of pyridine rings is 1. The number of carbonyl (C=O) groups excluding carboxylic acids is 1. The maximum Gasteiger partial charge on any atom is 0.275 e. The van der Waals surface area contributed by atoms with Crippen molar-refractivity contribution in [2.24, 2.45) is 5.73 Å². The molecule has 0 atom stereocenters. The maximum atomic E-state index is 13.6. The van der Waals surface area contributed by atoms with Gasteiger partial charge in [-0.3, -0.25) is 14.1 Å². The Hall–Kier alpha value is -2.60. The number of amides is 1. The molecule has 1 amide bonds. The number of thioether (sulfide) groups is 1. The molecular weight excluding hydrogens is 504 g/mol. The first-order valence-electron chi connectivity index (χ1n) is 9.81. The van der Waals surface area contributed by atoms with Crippen LogP contribution in [0.5, 0.6) is 0 Å². The molecule has 4 heterocycles. The van der Waals surface area contributed by atoms with Gasteiger partial charge in [0.2, 0.25) is 5.91 Å². The second kappa shape index (κ2) is 8.32. The number of aryl methyl sites for hydroxylation is 1. The molecule has 2 N–H and O–H groups in total. The lowest BCUT2D eigenvalue weighted by Crippen LogP contribution is -2.35. The average Bonchev–Trinajstić information content (AvgIpc) is 3.35. The molecule has 0 saturated carbocycles. The van der Waals surface area contributed by atoms with Gasteiger partial charge in [0.15, 0.2) is 4.21 Å². The fourth-order valence-electron chi connectivity index (χ4n) is 3.69. The molecule has 1 aromatic carbocycles. The molecule has 1 aliphatic heterocycles. The normalized spacial score (nSPS) is 13.9. The van der Waals surface area contributed by atoms with Crippen LogP contribution in [0.1, 0.15) is 10.7 Å². The molecule has 1 aliphatic rings. The highest BCUT2D eigenvalue weighted by Crippen LogP contribution is 2.45. The zero-order valence-corrected chi connectivity index (χ0v) is 20.4. The lowest BCUT2D eigenvalue weighted by Gasteiger charge is -2.30. The second-order valence-corrected chi connectivity index (χ2v) is 12.1. The number of nitrogens with two attached hydrogens (primary N) is 1. The summed E-state index contributed by atoms with van der Waals surface area (Å²) in [5.41, 5.74) is 7.46.